The molecule has 20 heavy (non-hydrogen) atoms. The zero-order valence-corrected chi connectivity index (χ0v) is 10.7. The van der Waals surface area contributed by atoms with Gasteiger partial charge in [0, 0.05) is 0 Å². The van der Waals surface area contributed by atoms with Crippen LogP contribution in [0.25, 0.3) is 0 Å². The molecule has 3 N–H and O–H groups in total. The van der Waals surface area contributed by atoms with Crippen LogP contribution in [0.5, 0.6) is 0 Å². The van der Waals surface area contributed by atoms with Crippen molar-refractivity contribution >= 4 is 29.2 Å². The second-order valence-corrected chi connectivity index (χ2v) is 4.00. The van der Waals surface area contributed by atoms with Gasteiger partial charge < -0.3 is 11.1 Å². The summed E-state index contributed by atoms with van der Waals surface area (Å²) in [4.78, 5) is 11.3. The number of halogens is 4. The van der Waals surface area contributed by atoms with E-state index in [0.29, 0.717) is 0 Å². The van der Waals surface area contributed by atoms with Crippen LogP contribution in [-0.2, 0) is 12.1 Å². The summed E-state index contributed by atoms with van der Waals surface area (Å²) in [6.45, 7) is 0. The molecule has 0 spiro atoms. The highest BCUT2D eigenvalue weighted by Crippen LogP contribution is 2.35. The topological polar surface area (TPSA) is 76.7 Å². The van der Waals surface area contributed by atoms with Crippen molar-refractivity contribution in [3.63, 3.8) is 0 Å². The van der Waals surface area contributed by atoms with Gasteiger partial charge in [0.05, 0.1) is 17.1 Å². The Morgan fingerprint density at radius 3 is 2.50 bits per heavy atom. The fraction of sp³-hybridized carbons (Fsp3) is 0.182. The fourth-order valence-electron chi connectivity index (χ4n) is 1.51. The highest BCUT2D eigenvalue weighted by atomic mass is 35.5. The quantitative estimate of drug-likeness (QED) is 0.853. The monoisotopic (exact) mass is 303 g/mol. The summed E-state index contributed by atoms with van der Waals surface area (Å²) < 4.78 is 38.5. The number of anilines is 3. The van der Waals surface area contributed by atoms with Crippen molar-refractivity contribution in [1.29, 1.82) is 0 Å². The largest absolute Gasteiger partial charge is 0.418 e. The highest BCUT2D eigenvalue weighted by molar-refractivity contribution is 6.16. The van der Waals surface area contributed by atoms with Crippen LogP contribution in [0.4, 0.5) is 30.8 Å². The second-order valence-electron chi connectivity index (χ2n) is 3.74. The number of nitrogens with two attached hydrogens (primary N) is 1. The van der Waals surface area contributed by atoms with E-state index in [1.807, 2.05) is 0 Å². The van der Waals surface area contributed by atoms with Crippen LogP contribution in [-0.4, -0.2) is 15.0 Å². The molecule has 1 heterocycles. The van der Waals surface area contributed by atoms with Crippen molar-refractivity contribution in [1.82, 2.24) is 15.0 Å². The number of hydrogen-bond donors (Lipinski definition) is 2. The maximum Gasteiger partial charge on any atom is 0.418 e. The Kier molecular flexibility index (Phi) is 3.93. The number of hydrogen-bond acceptors (Lipinski definition) is 5. The summed E-state index contributed by atoms with van der Waals surface area (Å²) in [6, 6.07) is 4.98. The third-order valence-electron chi connectivity index (χ3n) is 2.30. The minimum atomic E-state index is -4.49. The number of aromatic nitrogens is 3. The van der Waals surface area contributed by atoms with Gasteiger partial charge in [-0.25, -0.2) is 0 Å². The second kappa shape index (κ2) is 5.49. The number of nitrogens with zero attached hydrogens (tertiary/aromatic N) is 3. The van der Waals surface area contributed by atoms with E-state index in [9.17, 15) is 13.2 Å². The normalized spacial score (nSPS) is 11.4. The lowest BCUT2D eigenvalue weighted by Crippen LogP contribution is -2.11. The van der Waals surface area contributed by atoms with Gasteiger partial charge in [0.2, 0.25) is 11.9 Å². The summed E-state index contributed by atoms with van der Waals surface area (Å²) >= 11 is 5.56. The van der Waals surface area contributed by atoms with E-state index in [-0.39, 0.29) is 29.3 Å². The molecule has 0 amide bonds. The number of rotatable bonds is 3. The van der Waals surface area contributed by atoms with Crippen LogP contribution >= 0.6 is 11.6 Å². The molecule has 2 aromatic rings. The van der Waals surface area contributed by atoms with Crippen LogP contribution in [0.1, 0.15) is 11.4 Å². The molecule has 1 aromatic heterocycles. The third-order valence-corrected chi connectivity index (χ3v) is 2.54. The fourth-order valence-corrected chi connectivity index (χ4v) is 1.63. The summed E-state index contributed by atoms with van der Waals surface area (Å²) in [5.41, 5.74) is 4.43. The van der Waals surface area contributed by atoms with Crippen molar-refractivity contribution in [3.8, 4) is 0 Å². The first kappa shape index (κ1) is 14.3. The number of benzene rings is 1. The minimum absolute atomic E-state index is 0.0255. The molecule has 0 fully saturated rings. The Morgan fingerprint density at radius 2 is 1.85 bits per heavy atom. The number of para-hydroxylation sites is 1. The molecule has 9 heteroatoms. The van der Waals surface area contributed by atoms with E-state index in [0.717, 1.165) is 6.07 Å². The average molecular weight is 304 g/mol. The maximum absolute atomic E-state index is 12.8. The van der Waals surface area contributed by atoms with Gasteiger partial charge in [0.15, 0.2) is 5.82 Å². The smallest absolute Gasteiger partial charge is 0.368 e. The van der Waals surface area contributed by atoms with E-state index in [2.05, 4.69) is 20.3 Å². The molecule has 0 radical (unpaired) electrons. The van der Waals surface area contributed by atoms with Crippen molar-refractivity contribution in [3.05, 3.63) is 35.7 Å². The number of alkyl halides is 4. The Hall–Kier alpha value is -2.09. The summed E-state index contributed by atoms with van der Waals surface area (Å²) in [6.07, 6.45) is -4.49. The van der Waals surface area contributed by atoms with Crippen molar-refractivity contribution in [2.75, 3.05) is 11.1 Å². The molecule has 106 valence electrons. The Labute approximate surface area is 117 Å². The van der Waals surface area contributed by atoms with Gasteiger partial charge >= 0.3 is 6.18 Å². The van der Waals surface area contributed by atoms with E-state index >= 15 is 0 Å². The molecule has 0 aliphatic rings. The first-order chi connectivity index (χ1) is 9.40. The van der Waals surface area contributed by atoms with Crippen molar-refractivity contribution < 1.29 is 13.2 Å². The van der Waals surface area contributed by atoms with Gasteiger partial charge in [-0.05, 0) is 12.1 Å². The lowest BCUT2D eigenvalue weighted by atomic mass is 10.1. The Morgan fingerprint density at radius 1 is 1.15 bits per heavy atom. The number of nitrogens with one attached hydrogen (secondary N) is 1. The molecule has 0 aliphatic carbocycles. The first-order valence-corrected chi connectivity index (χ1v) is 5.93. The van der Waals surface area contributed by atoms with Gasteiger partial charge in [0.25, 0.3) is 0 Å². The van der Waals surface area contributed by atoms with Crippen LogP contribution in [0, 0.1) is 0 Å². The molecule has 0 bridgehead atoms. The van der Waals surface area contributed by atoms with E-state index in [4.69, 9.17) is 17.3 Å². The van der Waals surface area contributed by atoms with Gasteiger partial charge in [-0.2, -0.15) is 28.1 Å². The molecule has 0 atom stereocenters. The van der Waals surface area contributed by atoms with E-state index < -0.39 is 11.7 Å². The van der Waals surface area contributed by atoms with Crippen molar-refractivity contribution in [2.45, 2.75) is 12.1 Å². The Balaban J connectivity index is 2.38. The van der Waals surface area contributed by atoms with Crippen LogP contribution in [0.15, 0.2) is 24.3 Å². The predicted octanol–water partition coefficient (Wildman–Crippen LogP) is 2.96. The summed E-state index contributed by atoms with van der Waals surface area (Å²) in [5, 5.41) is 2.47. The third kappa shape index (κ3) is 3.27. The molecular weight excluding hydrogens is 295 g/mol. The lowest BCUT2D eigenvalue weighted by Gasteiger charge is -2.13. The predicted molar refractivity (Wildman–Crippen MR) is 68.5 cm³/mol. The molecule has 0 saturated heterocycles. The summed E-state index contributed by atoms with van der Waals surface area (Å²) in [7, 11) is 0. The van der Waals surface area contributed by atoms with Gasteiger partial charge in [0.1, 0.15) is 0 Å². The minimum Gasteiger partial charge on any atom is -0.368 e. The van der Waals surface area contributed by atoms with E-state index in [1.54, 1.807) is 0 Å². The Bertz CT molecular complexity index is 617. The standard InChI is InChI=1S/C11H9ClF3N5/c12-5-8-18-9(16)20-10(19-8)17-7-4-2-1-3-6(7)11(13,14)15/h1-4H,5H2,(H3,16,17,18,19,20). The first-order valence-electron chi connectivity index (χ1n) is 5.40. The van der Waals surface area contributed by atoms with E-state index in [1.165, 1.54) is 18.2 Å². The zero-order chi connectivity index (χ0) is 14.8. The lowest BCUT2D eigenvalue weighted by molar-refractivity contribution is -0.136. The molecule has 0 aliphatic heterocycles. The summed E-state index contributed by atoms with van der Waals surface area (Å²) in [5.74, 6) is -0.0684. The van der Waals surface area contributed by atoms with Crippen LogP contribution in [0.3, 0.4) is 0 Å². The zero-order valence-electron chi connectivity index (χ0n) is 9.95. The van der Waals surface area contributed by atoms with Crippen LogP contribution < -0.4 is 11.1 Å². The van der Waals surface area contributed by atoms with Gasteiger partial charge in [-0.15, -0.1) is 11.6 Å². The molecule has 1 aromatic carbocycles. The van der Waals surface area contributed by atoms with Gasteiger partial charge in [-0.1, -0.05) is 12.1 Å². The highest BCUT2D eigenvalue weighted by Gasteiger charge is 2.33. The molecule has 5 nitrogen and oxygen atoms in total. The molecule has 2 rings (SSSR count). The number of nitrogen functional groups attached to an aromatic ring is 1. The SMILES string of the molecule is Nc1nc(CCl)nc(Nc2ccccc2C(F)(F)F)n1. The molecular formula is C11H9ClF3N5. The van der Waals surface area contributed by atoms with Crippen LogP contribution in [0.2, 0.25) is 0 Å². The molecule has 0 unspecified atom stereocenters. The molecule has 0 saturated carbocycles. The maximum atomic E-state index is 12.8. The van der Waals surface area contributed by atoms with Gasteiger partial charge in [-0.3, -0.25) is 0 Å². The van der Waals surface area contributed by atoms with Crippen molar-refractivity contribution in [2.24, 2.45) is 0 Å². The average Bonchev–Trinajstić information content (AvgIpc) is 2.37.